The summed E-state index contributed by atoms with van der Waals surface area (Å²) in [6.45, 7) is 0. The number of pyridine rings is 4. The molecule has 262 valence electrons. The zero-order valence-electron chi connectivity index (χ0n) is 30.3. The van der Waals surface area contributed by atoms with E-state index in [-0.39, 0.29) is 0 Å². The van der Waals surface area contributed by atoms with Crippen molar-refractivity contribution in [1.29, 1.82) is 10.5 Å². The Morgan fingerprint density at radius 1 is 0.386 bits per heavy atom. The molecule has 2 aliphatic carbocycles. The van der Waals surface area contributed by atoms with Crippen LogP contribution in [0.15, 0.2) is 170 Å². The zero-order valence-corrected chi connectivity index (χ0v) is 30.3. The first kappa shape index (κ1) is 32.4. The van der Waals surface area contributed by atoms with Gasteiger partial charge in [-0.1, -0.05) is 97.1 Å². The number of hydrogen-bond acceptors (Lipinski definition) is 6. The summed E-state index contributed by atoms with van der Waals surface area (Å²) >= 11 is 0. The quantitative estimate of drug-likeness (QED) is 0.179. The molecule has 0 bridgehead atoms. The van der Waals surface area contributed by atoms with Crippen molar-refractivity contribution in [2.45, 2.75) is 5.41 Å². The second-order valence-electron chi connectivity index (χ2n) is 14.4. The number of aromatic nitrogens is 4. The van der Waals surface area contributed by atoms with E-state index in [1.54, 1.807) is 36.7 Å². The Bertz CT molecular complexity index is 3160. The van der Waals surface area contributed by atoms with E-state index in [9.17, 15) is 10.5 Å². The van der Waals surface area contributed by atoms with E-state index in [2.05, 4.69) is 131 Å². The number of nitriles is 2. The summed E-state index contributed by atoms with van der Waals surface area (Å²) in [6, 6.07) is 55.2. The van der Waals surface area contributed by atoms with Crippen molar-refractivity contribution in [3.63, 3.8) is 0 Å². The highest BCUT2D eigenvalue weighted by molar-refractivity contribution is 6.11. The summed E-state index contributed by atoms with van der Waals surface area (Å²) in [5.74, 6) is 0. The molecule has 11 rings (SSSR count). The van der Waals surface area contributed by atoms with Crippen molar-refractivity contribution in [2.75, 3.05) is 0 Å². The summed E-state index contributed by atoms with van der Waals surface area (Å²) in [6.07, 6.45) is 7.13. The lowest BCUT2D eigenvalue weighted by Crippen LogP contribution is -2.26. The Morgan fingerprint density at radius 2 is 0.947 bits per heavy atom. The summed E-state index contributed by atoms with van der Waals surface area (Å²) in [5, 5.41) is 21.3. The van der Waals surface area contributed by atoms with Crippen LogP contribution < -0.4 is 0 Å². The average molecular weight is 725 g/mol. The van der Waals surface area contributed by atoms with Gasteiger partial charge in [-0.05, 0) is 115 Å². The highest BCUT2D eigenvalue weighted by atomic mass is 14.8. The van der Waals surface area contributed by atoms with Gasteiger partial charge in [-0.2, -0.15) is 10.5 Å². The standard InChI is InChI=1S/C51H28N6/c52-27-31-19-21-54-48(23-31)46-17-14-34(29-56-46)33-13-16-40-44(25-33)51(42-11-5-3-8-37(42)38-9-4-6-12-43(38)51)45-26-41(36-7-1-2-10-39(36)50(40)45)35-15-18-47(57-30-35)49-24-32(28-53)20-22-55-49/h1-26,29-30H. The van der Waals surface area contributed by atoms with E-state index in [1.807, 2.05) is 24.5 Å². The van der Waals surface area contributed by atoms with Crippen LogP contribution in [0.5, 0.6) is 0 Å². The van der Waals surface area contributed by atoms with Gasteiger partial charge in [0.15, 0.2) is 0 Å². The molecule has 57 heavy (non-hydrogen) atoms. The smallest absolute Gasteiger partial charge is 0.0992 e. The lowest BCUT2D eigenvalue weighted by Gasteiger charge is -2.31. The van der Waals surface area contributed by atoms with Crippen LogP contribution in [0.2, 0.25) is 0 Å². The Morgan fingerprint density at radius 3 is 1.54 bits per heavy atom. The van der Waals surface area contributed by atoms with Crippen molar-refractivity contribution < 1.29 is 0 Å². The fourth-order valence-corrected chi connectivity index (χ4v) is 9.11. The fourth-order valence-electron chi connectivity index (χ4n) is 9.11. The maximum Gasteiger partial charge on any atom is 0.0992 e. The predicted molar refractivity (Wildman–Crippen MR) is 223 cm³/mol. The van der Waals surface area contributed by atoms with Crippen LogP contribution >= 0.6 is 0 Å². The number of nitrogens with zero attached hydrogens (tertiary/aromatic N) is 6. The molecule has 6 heteroatoms. The van der Waals surface area contributed by atoms with Crippen LogP contribution in [0, 0.1) is 22.7 Å². The van der Waals surface area contributed by atoms with Crippen molar-refractivity contribution in [3.05, 3.63) is 204 Å². The Balaban J connectivity index is 1.14. The summed E-state index contributed by atoms with van der Waals surface area (Å²) in [4.78, 5) is 18.7. The molecular weight excluding hydrogens is 697 g/mol. The minimum atomic E-state index is -0.587. The van der Waals surface area contributed by atoms with E-state index in [1.165, 1.54) is 49.9 Å². The molecule has 1 spiro atoms. The molecule has 0 N–H and O–H groups in total. The molecule has 4 heterocycles. The number of fused-ring (bicyclic) bond motifs is 12. The first-order chi connectivity index (χ1) is 28.1. The van der Waals surface area contributed by atoms with Gasteiger partial charge in [0.2, 0.25) is 0 Å². The maximum absolute atomic E-state index is 9.48. The van der Waals surface area contributed by atoms with Crippen LogP contribution in [-0.2, 0) is 5.41 Å². The number of hydrogen-bond donors (Lipinski definition) is 0. The van der Waals surface area contributed by atoms with Crippen molar-refractivity contribution in [3.8, 4) is 79.4 Å². The second-order valence-corrected chi connectivity index (χ2v) is 14.4. The van der Waals surface area contributed by atoms with E-state index in [0.29, 0.717) is 33.9 Å². The molecule has 9 aromatic rings. The van der Waals surface area contributed by atoms with Gasteiger partial charge in [-0.25, -0.2) is 0 Å². The first-order valence-electron chi connectivity index (χ1n) is 18.7. The molecule has 2 aliphatic rings. The molecule has 0 saturated heterocycles. The van der Waals surface area contributed by atoms with Crippen LogP contribution in [-0.4, -0.2) is 19.9 Å². The molecule has 0 saturated carbocycles. The molecule has 6 nitrogen and oxygen atoms in total. The van der Waals surface area contributed by atoms with Crippen LogP contribution in [0.3, 0.4) is 0 Å². The lowest BCUT2D eigenvalue weighted by molar-refractivity contribution is 0.795. The van der Waals surface area contributed by atoms with E-state index in [0.717, 1.165) is 27.6 Å². The largest absolute Gasteiger partial charge is 0.255 e. The minimum absolute atomic E-state index is 0.550. The summed E-state index contributed by atoms with van der Waals surface area (Å²) in [5.41, 5.74) is 17.4. The molecule has 4 aromatic heterocycles. The van der Waals surface area contributed by atoms with Crippen molar-refractivity contribution >= 4 is 10.8 Å². The first-order valence-corrected chi connectivity index (χ1v) is 18.7. The Labute approximate surface area is 328 Å². The highest BCUT2D eigenvalue weighted by Crippen LogP contribution is 2.64. The summed E-state index contributed by atoms with van der Waals surface area (Å²) in [7, 11) is 0. The molecule has 0 atom stereocenters. The predicted octanol–water partition coefficient (Wildman–Crippen LogP) is 11.2. The van der Waals surface area contributed by atoms with E-state index >= 15 is 0 Å². The lowest BCUT2D eigenvalue weighted by atomic mass is 9.69. The third-order valence-electron chi connectivity index (χ3n) is 11.6. The molecule has 5 aromatic carbocycles. The Hall–Kier alpha value is -8.06. The Kier molecular flexibility index (Phi) is 7.10. The van der Waals surface area contributed by atoms with Crippen LogP contribution in [0.1, 0.15) is 33.4 Å². The average Bonchev–Trinajstić information content (AvgIpc) is 3.76. The van der Waals surface area contributed by atoms with E-state index < -0.39 is 5.41 Å². The van der Waals surface area contributed by atoms with Gasteiger partial charge in [0.1, 0.15) is 0 Å². The molecular formula is C51H28N6. The van der Waals surface area contributed by atoms with Gasteiger partial charge in [0.25, 0.3) is 0 Å². The van der Waals surface area contributed by atoms with Crippen molar-refractivity contribution in [2.24, 2.45) is 0 Å². The molecule has 0 aliphatic heterocycles. The van der Waals surface area contributed by atoms with Crippen LogP contribution in [0.25, 0.3) is 78.1 Å². The zero-order chi connectivity index (χ0) is 38.1. The third-order valence-corrected chi connectivity index (χ3v) is 11.6. The van der Waals surface area contributed by atoms with Crippen molar-refractivity contribution in [1.82, 2.24) is 19.9 Å². The topological polar surface area (TPSA) is 99.1 Å². The van der Waals surface area contributed by atoms with Gasteiger partial charge < -0.3 is 0 Å². The monoisotopic (exact) mass is 724 g/mol. The number of benzene rings is 5. The van der Waals surface area contributed by atoms with Crippen LogP contribution in [0.4, 0.5) is 0 Å². The normalized spacial score (nSPS) is 12.7. The fraction of sp³-hybridized carbons (Fsp3) is 0.0196. The third kappa shape index (κ3) is 4.75. The highest BCUT2D eigenvalue weighted by Gasteiger charge is 2.52. The second kappa shape index (κ2) is 12.5. The van der Waals surface area contributed by atoms with E-state index in [4.69, 9.17) is 9.97 Å². The van der Waals surface area contributed by atoms with Gasteiger partial charge >= 0.3 is 0 Å². The number of rotatable bonds is 4. The molecule has 0 unspecified atom stereocenters. The van der Waals surface area contributed by atoms with Gasteiger partial charge in [0, 0.05) is 35.9 Å². The minimum Gasteiger partial charge on any atom is -0.255 e. The summed E-state index contributed by atoms with van der Waals surface area (Å²) < 4.78 is 0. The van der Waals surface area contributed by atoms with Gasteiger partial charge in [-0.15, -0.1) is 0 Å². The maximum atomic E-state index is 9.48. The molecule has 0 radical (unpaired) electrons. The van der Waals surface area contributed by atoms with Gasteiger partial charge in [0.05, 0.1) is 51.5 Å². The molecule has 0 amide bonds. The van der Waals surface area contributed by atoms with Gasteiger partial charge in [-0.3, -0.25) is 19.9 Å². The molecule has 0 fully saturated rings. The SMILES string of the molecule is N#Cc1ccnc(-c2ccc(-c3ccc4c(c3)C3(c5ccccc5-c5ccccc53)c3cc(-c5ccc(-c6cc(C#N)ccn6)nc5)c5ccccc5c3-4)cn2)c1.